The van der Waals surface area contributed by atoms with E-state index < -0.39 is 310 Å². The number of amides is 7. The second-order valence-electron chi connectivity index (χ2n) is 36.8. The Kier molecular flexibility index (Phi) is 45.6. The van der Waals surface area contributed by atoms with E-state index in [2.05, 4.69) is 47.2 Å². The minimum Gasteiger partial charge on any atom is -0.394 e. The monoisotopic (exact) mass is 2000 g/mol. The van der Waals surface area contributed by atoms with Gasteiger partial charge in [-0.15, -0.1) is 0 Å². The average Bonchev–Trinajstić information content (AvgIpc) is 0.773. The summed E-state index contributed by atoms with van der Waals surface area (Å²) in [6.07, 6.45) is -32.8. The Labute approximate surface area is 804 Å². The first kappa shape index (κ1) is 114. The molecule has 8 fully saturated rings. The summed E-state index contributed by atoms with van der Waals surface area (Å²) in [7, 11) is 2.75. The lowest BCUT2D eigenvalue weighted by atomic mass is 9.78. The van der Waals surface area contributed by atoms with Gasteiger partial charge in [0.15, 0.2) is 30.9 Å². The number of Topliss-reactive ketones (excluding diaryl/α,β-unsaturated/α-hetero) is 3. The van der Waals surface area contributed by atoms with Crippen molar-refractivity contribution in [3.63, 3.8) is 0 Å². The Hall–Kier alpha value is -8.38. The molecule has 0 aromatic carbocycles. The number of nitrogens with one attached hydrogen (secondary N) is 11. The van der Waals surface area contributed by atoms with Crippen LogP contribution in [0.1, 0.15) is 176 Å². The molecule has 140 heavy (non-hydrogen) atoms. The predicted octanol–water partition coefficient (Wildman–Crippen LogP) is -8.43. The van der Waals surface area contributed by atoms with Gasteiger partial charge >= 0.3 is 11.4 Å². The standard InChI is InChI=1S/C89H141N13O38/c1-42-68(113)72(117)74(119)86(131-42)139-76-49(95-80(121)51-35-62(109)101-88(125)97-51)31-46(53(106)17-11-21-90)33-55(76)135-84-66(78(70(115)59(38-103)137-84)133-57(82(123)92-3)29-44-13-7-5-8-14-44)99-61(108)20-19-48(105)40-129-27-25-127-23-24-128-26-28-130-41-65(112)94-37-64(111)100-67-79(134-58(83(124)93-4)30-45-15-9-6-10-16-45)71(116)60(39-104)138-85(67)136-56-34-47(54(107)18-12-22-91)32-50(96-81(122)52-36-63(110)102-89(126)98-52)77(56)140-87-75(120)73(118)69(114)43(2)132-87/h35-36,42-47,49-50,55-60,66-79,84-87,103-104,113-120H,5-34,37-41,90-91H2,1-4H3,(H,92,123)(H,93,124)(H,94,112)(H,95,121)(H,96,122)(H,99,108)(H,100,111)(H2,97,101,109,125)(H2,98,102,110,126)/t42?,43?,46?,47?,49?,50?,55-,56-,57+,58+,59+,60+,66?,67?,68-,69-,70+,71+,72+,73+,74?,75?,76-,77-,78?,79?,84-,85-,86+,87+/m1/s1. The SMILES string of the molecule is CNC(=O)[C@H](CC1CCCCC1)OC1C(NC(=O)CCC(=O)COCCOCCOCCOCC(=O)NCC(=O)NC2C(O[C@@H](CC3CCCCC3)C(=O)NC)[C@@H](O)[C@H](CO)O[C@H]2O[C@@H]2CC(C(=O)CCCN)CC(NC(=O)c3cc(=O)[nH]c(=O)[nH]3)[C@H]2O[C@@H]2OC(C)[C@@H](O)[C@H](O)C2O)[C@H](O[C@@H]2CC(C(=O)CCCN)CC(NC(=O)c3cc(=O)[nH]c(=O)[nH]3)[C@H]2O[C@@H]2OC(C)[C@@H](O)[C@H](O)C2O)O[C@@H](CO)[C@@H]1O. The molecule has 0 spiro atoms. The highest BCUT2D eigenvalue weighted by molar-refractivity contribution is 5.93. The number of carbonyl (C=O) groups is 10. The lowest BCUT2D eigenvalue weighted by molar-refractivity contribution is -0.335. The van der Waals surface area contributed by atoms with Crippen molar-refractivity contribution < 1.29 is 165 Å². The van der Waals surface area contributed by atoms with Crippen molar-refractivity contribution >= 4 is 58.7 Å². The van der Waals surface area contributed by atoms with E-state index in [-0.39, 0.29) is 140 Å². The van der Waals surface area contributed by atoms with Crippen LogP contribution in [0.2, 0.25) is 0 Å². The molecule has 790 valence electrons. The molecule has 6 heterocycles. The molecule has 25 N–H and O–H groups in total. The minimum absolute atomic E-state index is 0.00457. The van der Waals surface area contributed by atoms with E-state index in [1.54, 1.807) is 0 Å². The normalized spacial score (nSPS) is 32.2. The van der Waals surface area contributed by atoms with Gasteiger partial charge in [0.05, 0.1) is 95.9 Å². The van der Waals surface area contributed by atoms with Crippen LogP contribution in [0, 0.1) is 23.7 Å². The first-order valence-corrected chi connectivity index (χ1v) is 48.1. The first-order valence-electron chi connectivity index (χ1n) is 48.1. The maximum atomic E-state index is 14.4. The fourth-order valence-corrected chi connectivity index (χ4v) is 19.0. The lowest BCUT2D eigenvalue weighted by Crippen LogP contribution is -2.68. The van der Waals surface area contributed by atoms with Crippen LogP contribution in [0.5, 0.6) is 0 Å². The molecule has 2 aromatic rings. The first-order chi connectivity index (χ1) is 67.0. The molecule has 4 saturated carbocycles. The smallest absolute Gasteiger partial charge is 0.326 e. The number of rotatable bonds is 52. The van der Waals surface area contributed by atoms with E-state index >= 15 is 0 Å². The number of ether oxygens (including phenoxy) is 14. The van der Waals surface area contributed by atoms with Crippen molar-refractivity contribution in [1.82, 2.24) is 57.2 Å². The summed E-state index contributed by atoms with van der Waals surface area (Å²) in [6, 6.07) is -4.58. The highest BCUT2D eigenvalue weighted by atomic mass is 16.8. The zero-order valence-electron chi connectivity index (χ0n) is 78.9. The molecule has 12 unspecified atom stereocenters. The quantitative estimate of drug-likeness (QED) is 0.0274. The van der Waals surface area contributed by atoms with Crippen LogP contribution in [0.3, 0.4) is 0 Å². The zero-order valence-corrected chi connectivity index (χ0v) is 78.9. The summed E-state index contributed by atoms with van der Waals surface area (Å²) < 4.78 is 86.2. The Morgan fingerprint density at radius 2 is 0.836 bits per heavy atom. The Morgan fingerprint density at radius 1 is 0.436 bits per heavy atom. The van der Waals surface area contributed by atoms with E-state index in [9.17, 15) is 118 Å². The summed E-state index contributed by atoms with van der Waals surface area (Å²) in [5, 5.41) is 131. The van der Waals surface area contributed by atoms with Crippen molar-refractivity contribution in [3.8, 4) is 0 Å². The molecule has 4 aliphatic carbocycles. The van der Waals surface area contributed by atoms with Gasteiger partial charge in [-0.05, 0) is 90.1 Å². The molecular formula is C89H141N13O38. The third-order valence-electron chi connectivity index (χ3n) is 26.6. The number of carbonyl (C=O) groups excluding carboxylic acids is 10. The highest BCUT2D eigenvalue weighted by Crippen LogP contribution is 2.42. The van der Waals surface area contributed by atoms with Crippen molar-refractivity contribution in [2.45, 2.75) is 327 Å². The molecule has 4 saturated heterocycles. The molecule has 51 nitrogen and oxygen atoms in total. The lowest BCUT2D eigenvalue weighted by Gasteiger charge is -2.49. The van der Waals surface area contributed by atoms with Gasteiger partial charge < -0.3 is 176 Å². The van der Waals surface area contributed by atoms with E-state index in [0.29, 0.717) is 0 Å². The maximum Gasteiger partial charge on any atom is 0.326 e. The fraction of sp³-hybridized carbons (Fsp3) is 0.798. The Balaban J connectivity index is 0.746. The van der Waals surface area contributed by atoms with Gasteiger partial charge in [-0.2, -0.15) is 0 Å². The van der Waals surface area contributed by atoms with E-state index in [0.717, 1.165) is 76.3 Å². The van der Waals surface area contributed by atoms with E-state index in [4.69, 9.17) is 77.8 Å². The summed E-state index contributed by atoms with van der Waals surface area (Å²) in [4.78, 5) is 198. The molecule has 7 amide bonds. The summed E-state index contributed by atoms with van der Waals surface area (Å²) in [5.41, 5.74) is 6.59. The molecule has 8 aliphatic rings. The van der Waals surface area contributed by atoms with Crippen LogP contribution < -0.4 is 71.2 Å². The predicted molar refractivity (Wildman–Crippen MR) is 480 cm³/mol. The van der Waals surface area contributed by atoms with Crippen LogP contribution in [-0.4, -0.2) is 401 Å². The van der Waals surface area contributed by atoms with Crippen LogP contribution in [0.4, 0.5) is 0 Å². The van der Waals surface area contributed by atoms with Gasteiger partial charge in [0.1, 0.15) is 146 Å². The maximum absolute atomic E-state index is 14.4. The van der Waals surface area contributed by atoms with Gasteiger partial charge in [0.2, 0.25) is 29.5 Å². The van der Waals surface area contributed by atoms with E-state index in [1.165, 1.54) is 27.9 Å². The number of aliphatic hydroxyl groups is 10. The Morgan fingerprint density at radius 3 is 1.23 bits per heavy atom. The van der Waals surface area contributed by atoms with E-state index in [1.807, 2.05) is 9.97 Å². The molecule has 51 heteroatoms. The minimum atomic E-state index is -1.97. The number of aliphatic hydroxyl groups excluding tert-OH is 10. The van der Waals surface area contributed by atoms with Crippen LogP contribution >= 0.6 is 0 Å². The van der Waals surface area contributed by atoms with Crippen molar-refractivity contribution in [3.05, 3.63) is 65.2 Å². The number of ketones is 3. The van der Waals surface area contributed by atoms with Gasteiger partial charge in [0, 0.05) is 63.7 Å². The second kappa shape index (κ2) is 56.2. The summed E-state index contributed by atoms with van der Waals surface area (Å²) in [5.74, 6) is -9.38. The molecule has 0 radical (unpaired) electrons. The largest absolute Gasteiger partial charge is 0.394 e. The molecule has 10 rings (SSSR count). The number of nitrogens with two attached hydrogens (primary N) is 2. The molecule has 2 aromatic heterocycles. The van der Waals surface area contributed by atoms with Gasteiger partial charge in [-0.3, -0.25) is 67.5 Å². The average molecular weight is 2000 g/mol. The van der Waals surface area contributed by atoms with Crippen molar-refractivity contribution in [2.75, 3.05) is 99.8 Å². The number of hydrogen-bond acceptors (Lipinski definition) is 40. The molecule has 4 aliphatic heterocycles. The Bertz CT molecular complexity index is 4230. The van der Waals surface area contributed by atoms with Crippen LogP contribution in [0.25, 0.3) is 0 Å². The zero-order chi connectivity index (χ0) is 102. The number of H-pyrrole nitrogens is 4. The molecule has 0 bridgehead atoms. The topological polar surface area (TPSA) is 770 Å². The van der Waals surface area contributed by atoms with Crippen LogP contribution in [-0.2, 0) is 105 Å². The number of aromatic amines is 4. The van der Waals surface area contributed by atoms with Gasteiger partial charge in [-0.25, -0.2) is 9.59 Å². The number of likely N-dealkylation sites (N-methyl/N-ethyl adjacent to an activating group) is 2. The van der Waals surface area contributed by atoms with Crippen molar-refractivity contribution in [2.24, 2.45) is 35.1 Å². The fourth-order valence-electron chi connectivity index (χ4n) is 19.0. The number of aromatic nitrogens is 4. The number of hydrogen-bond donors (Lipinski definition) is 23. The summed E-state index contributed by atoms with van der Waals surface area (Å²) in [6.45, 7) is -1.14. The summed E-state index contributed by atoms with van der Waals surface area (Å²) >= 11 is 0. The van der Waals surface area contributed by atoms with Gasteiger partial charge in [-0.1, -0.05) is 64.2 Å². The second-order valence-corrected chi connectivity index (χ2v) is 36.8. The third kappa shape index (κ3) is 32.6. The van der Waals surface area contributed by atoms with Gasteiger partial charge in [0.25, 0.3) is 22.9 Å². The molecule has 30 atom stereocenters. The highest BCUT2D eigenvalue weighted by Gasteiger charge is 2.57. The third-order valence-corrected chi connectivity index (χ3v) is 26.6. The van der Waals surface area contributed by atoms with Crippen molar-refractivity contribution in [1.29, 1.82) is 0 Å². The molecular weight excluding hydrogens is 1860 g/mol. The van der Waals surface area contributed by atoms with Crippen LogP contribution in [0.15, 0.2) is 31.3 Å².